The lowest BCUT2D eigenvalue weighted by Crippen LogP contribution is -2.42. The van der Waals surface area contributed by atoms with Crippen LogP contribution in [0, 0.1) is 5.92 Å². The van der Waals surface area contributed by atoms with Gasteiger partial charge in [-0.2, -0.15) is 0 Å². The van der Waals surface area contributed by atoms with Crippen LogP contribution in [0.15, 0.2) is 52.8 Å². The van der Waals surface area contributed by atoms with E-state index in [9.17, 15) is 5.11 Å². The summed E-state index contributed by atoms with van der Waals surface area (Å²) in [5.41, 5.74) is 1.10. The van der Waals surface area contributed by atoms with Gasteiger partial charge in [-0.25, -0.2) is 0 Å². The van der Waals surface area contributed by atoms with Gasteiger partial charge in [0, 0.05) is 24.5 Å². The minimum Gasteiger partial charge on any atom is -0.389 e. The van der Waals surface area contributed by atoms with Crippen LogP contribution < -0.4 is 10.6 Å². The van der Waals surface area contributed by atoms with Crippen molar-refractivity contribution < 1.29 is 9.84 Å². The predicted molar refractivity (Wildman–Crippen MR) is 129 cm³/mol. The quantitative estimate of drug-likeness (QED) is 0.242. The molecule has 28 heavy (non-hydrogen) atoms. The van der Waals surface area contributed by atoms with Crippen LogP contribution in [0.4, 0.5) is 0 Å². The highest BCUT2D eigenvalue weighted by molar-refractivity contribution is 14.0. The Labute approximate surface area is 189 Å². The number of hydrogen-bond acceptors (Lipinski definition) is 4. The van der Waals surface area contributed by atoms with Crippen LogP contribution >= 0.6 is 35.3 Å². The third-order valence-corrected chi connectivity index (χ3v) is 4.86. The zero-order valence-corrected chi connectivity index (χ0v) is 19.8. The van der Waals surface area contributed by atoms with Crippen molar-refractivity contribution in [1.29, 1.82) is 0 Å². The Morgan fingerprint density at radius 1 is 1.18 bits per heavy atom. The van der Waals surface area contributed by atoms with Gasteiger partial charge in [-0.3, -0.25) is 4.99 Å². The number of halogens is 1. The molecule has 2 unspecified atom stereocenters. The average Bonchev–Trinajstić information content (AvgIpc) is 3.18. The van der Waals surface area contributed by atoms with Gasteiger partial charge in [-0.15, -0.1) is 35.3 Å². The monoisotopic (exact) mass is 517 g/mol. The Morgan fingerprint density at radius 3 is 2.64 bits per heavy atom. The molecular weight excluding hydrogens is 485 g/mol. The lowest BCUT2D eigenvalue weighted by molar-refractivity contribution is 0.0308. The fraction of sp³-hybridized carbons (Fsp3) is 0.476. The average molecular weight is 517 g/mol. The van der Waals surface area contributed by atoms with Gasteiger partial charge in [-0.1, -0.05) is 43.3 Å². The van der Waals surface area contributed by atoms with E-state index < -0.39 is 6.10 Å². The first-order chi connectivity index (χ1) is 13.2. The second-order valence-corrected chi connectivity index (χ2v) is 7.68. The van der Waals surface area contributed by atoms with Crippen LogP contribution in [0.1, 0.15) is 24.3 Å². The number of rotatable bonds is 11. The summed E-state index contributed by atoms with van der Waals surface area (Å²) in [5.74, 6) is 1.20. The summed E-state index contributed by atoms with van der Waals surface area (Å²) < 4.78 is 5.58. The van der Waals surface area contributed by atoms with E-state index in [0.29, 0.717) is 19.1 Å². The highest BCUT2D eigenvalue weighted by atomic mass is 127. The molecule has 0 aliphatic rings. The summed E-state index contributed by atoms with van der Waals surface area (Å²) in [6, 6.07) is 14.2. The first-order valence-electron chi connectivity index (χ1n) is 9.51. The van der Waals surface area contributed by atoms with E-state index in [1.807, 2.05) is 37.3 Å². The molecule has 0 saturated heterocycles. The topological polar surface area (TPSA) is 65.9 Å². The summed E-state index contributed by atoms with van der Waals surface area (Å²) in [7, 11) is 0. The Bertz CT molecular complexity index is 653. The van der Waals surface area contributed by atoms with Crippen molar-refractivity contribution in [3.05, 3.63) is 58.3 Å². The normalized spacial score (nSPS) is 13.5. The summed E-state index contributed by atoms with van der Waals surface area (Å²) in [6.45, 7) is 6.96. The van der Waals surface area contributed by atoms with Crippen molar-refractivity contribution in [2.45, 2.75) is 33.0 Å². The number of aliphatic hydroxyl groups excluding tert-OH is 1. The van der Waals surface area contributed by atoms with Crippen molar-refractivity contribution in [1.82, 2.24) is 10.6 Å². The molecule has 1 aromatic heterocycles. The maximum atomic E-state index is 10.1. The maximum Gasteiger partial charge on any atom is 0.191 e. The van der Waals surface area contributed by atoms with E-state index >= 15 is 0 Å². The van der Waals surface area contributed by atoms with Crippen LogP contribution in [0.2, 0.25) is 0 Å². The van der Waals surface area contributed by atoms with Crippen LogP contribution in [-0.4, -0.2) is 43.4 Å². The lowest BCUT2D eigenvalue weighted by atomic mass is 10.1. The van der Waals surface area contributed by atoms with Gasteiger partial charge in [0.1, 0.15) is 0 Å². The van der Waals surface area contributed by atoms with Gasteiger partial charge in [0.05, 0.1) is 19.3 Å². The van der Waals surface area contributed by atoms with Gasteiger partial charge in [-0.05, 0) is 36.3 Å². The minimum absolute atomic E-state index is 0. The van der Waals surface area contributed by atoms with Crippen LogP contribution in [0.3, 0.4) is 0 Å². The van der Waals surface area contributed by atoms with Gasteiger partial charge in [0.15, 0.2) is 5.96 Å². The zero-order valence-electron chi connectivity index (χ0n) is 16.6. The Balaban J connectivity index is 0.00000392. The van der Waals surface area contributed by atoms with E-state index in [2.05, 4.69) is 40.1 Å². The number of ether oxygens (including phenoxy) is 1. The van der Waals surface area contributed by atoms with Gasteiger partial charge in [0.2, 0.25) is 0 Å². The molecule has 1 aromatic carbocycles. The number of nitrogens with zero attached hydrogens (tertiary/aromatic N) is 1. The third kappa shape index (κ3) is 10.4. The van der Waals surface area contributed by atoms with E-state index in [1.54, 1.807) is 11.3 Å². The lowest BCUT2D eigenvalue weighted by Gasteiger charge is -2.16. The highest BCUT2D eigenvalue weighted by Crippen LogP contribution is 2.14. The summed E-state index contributed by atoms with van der Waals surface area (Å²) in [6.07, 6.45) is 0.456. The van der Waals surface area contributed by atoms with Gasteiger partial charge in [0.25, 0.3) is 0 Å². The van der Waals surface area contributed by atoms with Crippen molar-refractivity contribution in [3.63, 3.8) is 0 Å². The fourth-order valence-corrected chi connectivity index (χ4v) is 3.46. The molecule has 2 aromatic rings. The Morgan fingerprint density at radius 2 is 1.96 bits per heavy atom. The van der Waals surface area contributed by atoms with E-state index in [1.165, 1.54) is 4.88 Å². The van der Waals surface area contributed by atoms with Crippen LogP contribution in [0.25, 0.3) is 0 Å². The number of benzene rings is 1. The van der Waals surface area contributed by atoms with E-state index in [-0.39, 0.29) is 30.6 Å². The van der Waals surface area contributed by atoms with E-state index in [4.69, 9.17) is 4.74 Å². The molecule has 0 radical (unpaired) electrons. The smallest absolute Gasteiger partial charge is 0.191 e. The molecule has 5 nitrogen and oxygen atoms in total. The second kappa shape index (κ2) is 14.8. The second-order valence-electron chi connectivity index (χ2n) is 6.64. The van der Waals surface area contributed by atoms with E-state index in [0.717, 1.165) is 31.0 Å². The van der Waals surface area contributed by atoms with Crippen molar-refractivity contribution in [3.8, 4) is 0 Å². The third-order valence-electron chi connectivity index (χ3n) is 3.96. The molecule has 0 amide bonds. The number of thiophene rings is 1. The SMILES string of the molecule is CCNC(=NCC(C)Cc1cccs1)NCC(O)COCc1ccccc1.I. The minimum atomic E-state index is -0.582. The largest absolute Gasteiger partial charge is 0.389 e. The molecule has 2 rings (SSSR count). The zero-order chi connectivity index (χ0) is 19.3. The maximum absolute atomic E-state index is 10.1. The van der Waals surface area contributed by atoms with Crippen molar-refractivity contribution in [2.75, 3.05) is 26.2 Å². The first kappa shape index (κ1) is 24.9. The summed E-state index contributed by atoms with van der Waals surface area (Å²) in [5, 5.41) is 18.7. The number of aliphatic hydroxyl groups is 1. The highest BCUT2D eigenvalue weighted by Gasteiger charge is 2.08. The van der Waals surface area contributed by atoms with Crippen LogP contribution in [0.5, 0.6) is 0 Å². The summed E-state index contributed by atoms with van der Waals surface area (Å²) >= 11 is 1.79. The summed E-state index contributed by atoms with van der Waals surface area (Å²) in [4.78, 5) is 6.03. The number of nitrogens with one attached hydrogen (secondary N) is 2. The Hall–Kier alpha value is -1.16. The molecule has 3 N–H and O–H groups in total. The molecule has 0 fully saturated rings. The molecule has 0 aliphatic carbocycles. The molecule has 156 valence electrons. The Kier molecular flexibility index (Phi) is 13.1. The molecule has 2 atom stereocenters. The van der Waals surface area contributed by atoms with Gasteiger partial charge < -0.3 is 20.5 Å². The van der Waals surface area contributed by atoms with Crippen molar-refractivity contribution >= 4 is 41.3 Å². The number of guanidine groups is 1. The number of hydrogen-bond donors (Lipinski definition) is 3. The molecular formula is C21H32IN3O2S. The van der Waals surface area contributed by atoms with Crippen LogP contribution in [-0.2, 0) is 17.8 Å². The standard InChI is InChI=1S/C21H31N3O2S.HI/c1-3-22-21(23-13-17(2)12-20-10-7-11-27-20)24-14-19(25)16-26-15-18-8-5-4-6-9-18;/h4-11,17,19,25H,3,12-16H2,1-2H3,(H2,22,23,24);1H. The molecule has 0 saturated carbocycles. The molecule has 0 bridgehead atoms. The fourth-order valence-electron chi connectivity index (χ4n) is 2.59. The van der Waals surface area contributed by atoms with Crippen molar-refractivity contribution in [2.24, 2.45) is 10.9 Å². The molecule has 0 spiro atoms. The first-order valence-corrected chi connectivity index (χ1v) is 10.4. The number of aliphatic imine (C=N–C) groups is 1. The molecule has 1 heterocycles. The molecule has 0 aliphatic heterocycles. The molecule has 7 heteroatoms. The predicted octanol–water partition coefficient (Wildman–Crippen LogP) is 3.68. The van der Waals surface area contributed by atoms with Gasteiger partial charge >= 0.3 is 0 Å².